The number of rotatable bonds is 7. The molecule has 3 aliphatic rings. The average Bonchev–Trinajstić information content (AvgIpc) is 3.21. The molecule has 2 saturated carbocycles. The van der Waals surface area contributed by atoms with E-state index in [1.807, 2.05) is 0 Å². The fourth-order valence-electron chi connectivity index (χ4n) is 3.67. The first-order valence-corrected chi connectivity index (χ1v) is 8.30. The lowest BCUT2D eigenvalue weighted by Gasteiger charge is -2.25. The van der Waals surface area contributed by atoms with Crippen LogP contribution in [0, 0.1) is 11.8 Å². The topological polar surface area (TPSA) is 51.2 Å². The van der Waals surface area contributed by atoms with Crippen LogP contribution in [0.15, 0.2) is 0 Å². The maximum Gasteiger partial charge on any atom is 0.0845 e. The SMILES string of the molecule is OC1CCCC(COCCOCC2CCC3OC3C2)C1. The zero-order chi connectivity index (χ0) is 13.8. The molecule has 5 atom stereocenters. The van der Waals surface area contributed by atoms with Crippen LogP contribution in [0.5, 0.6) is 0 Å². The zero-order valence-electron chi connectivity index (χ0n) is 12.3. The number of aliphatic hydroxyl groups excluding tert-OH is 1. The van der Waals surface area contributed by atoms with E-state index in [4.69, 9.17) is 14.2 Å². The van der Waals surface area contributed by atoms with Gasteiger partial charge in [0, 0.05) is 13.2 Å². The Labute approximate surface area is 121 Å². The summed E-state index contributed by atoms with van der Waals surface area (Å²) in [6, 6.07) is 0. The minimum absolute atomic E-state index is 0.103. The summed E-state index contributed by atoms with van der Waals surface area (Å²) in [6.07, 6.45) is 8.89. The van der Waals surface area contributed by atoms with E-state index in [-0.39, 0.29) is 6.10 Å². The summed E-state index contributed by atoms with van der Waals surface area (Å²) in [6.45, 7) is 3.02. The maximum atomic E-state index is 9.60. The molecular formula is C16H28O4. The fraction of sp³-hybridized carbons (Fsp3) is 1.00. The van der Waals surface area contributed by atoms with Crippen molar-refractivity contribution in [3.8, 4) is 0 Å². The van der Waals surface area contributed by atoms with Crippen molar-refractivity contribution < 1.29 is 19.3 Å². The highest BCUT2D eigenvalue weighted by Gasteiger charge is 2.43. The summed E-state index contributed by atoms with van der Waals surface area (Å²) in [5, 5.41) is 9.60. The van der Waals surface area contributed by atoms with Crippen molar-refractivity contribution in [2.45, 2.75) is 63.3 Å². The maximum absolute atomic E-state index is 9.60. The first kappa shape index (κ1) is 14.8. The van der Waals surface area contributed by atoms with E-state index in [1.54, 1.807) is 0 Å². The minimum Gasteiger partial charge on any atom is -0.393 e. The van der Waals surface area contributed by atoms with Crippen molar-refractivity contribution in [1.82, 2.24) is 0 Å². The van der Waals surface area contributed by atoms with Gasteiger partial charge in [0.05, 0.1) is 31.5 Å². The monoisotopic (exact) mass is 284 g/mol. The largest absolute Gasteiger partial charge is 0.393 e. The van der Waals surface area contributed by atoms with Gasteiger partial charge in [-0.2, -0.15) is 0 Å². The summed E-state index contributed by atoms with van der Waals surface area (Å²) in [5.41, 5.74) is 0. The molecule has 0 radical (unpaired) electrons. The summed E-state index contributed by atoms with van der Waals surface area (Å²) in [7, 11) is 0. The van der Waals surface area contributed by atoms with Crippen molar-refractivity contribution in [3.05, 3.63) is 0 Å². The minimum atomic E-state index is -0.103. The summed E-state index contributed by atoms with van der Waals surface area (Å²) in [4.78, 5) is 0. The molecule has 3 fully saturated rings. The van der Waals surface area contributed by atoms with Crippen molar-refractivity contribution in [2.24, 2.45) is 11.8 Å². The van der Waals surface area contributed by atoms with Crippen LogP contribution < -0.4 is 0 Å². The molecule has 0 aromatic heterocycles. The molecule has 4 heteroatoms. The molecular weight excluding hydrogens is 256 g/mol. The number of fused-ring (bicyclic) bond motifs is 1. The lowest BCUT2D eigenvalue weighted by Crippen LogP contribution is -2.24. The first-order chi connectivity index (χ1) is 9.81. The van der Waals surface area contributed by atoms with Crippen LogP contribution in [-0.4, -0.2) is 49.8 Å². The van der Waals surface area contributed by atoms with Crippen molar-refractivity contribution in [2.75, 3.05) is 26.4 Å². The van der Waals surface area contributed by atoms with E-state index in [2.05, 4.69) is 0 Å². The predicted molar refractivity (Wildman–Crippen MR) is 75.6 cm³/mol. The number of hydrogen-bond donors (Lipinski definition) is 1. The average molecular weight is 284 g/mol. The molecule has 1 aliphatic heterocycles. The van der Waals surface area contributed by atoms with E-state index < -0.39 is 0 Å². The normalized spacial score (nSPS) is 40.4. The molecule has 0 aromatic carbocycles. The second-order valence-corrected chi connectivity index (χ2v) is 6.73. The van der Waals surface area contributed by atoms with Gasteiger partial charge in [-0.15, -0.1) is 0 Å². The van der Waals surface area contributed by atoms with E-state index in [9.17, 15) is 5.11 Å². The second kappa shape index (κ2) is 7.21. The zero-order valence-corrected chi connectivity index (χ0v) is 12.3. The highest BCUT2D eigenvalue weighted by atomic mass is 16.6. The van der Waals surface area contributed by atoms with E-state index >= 15 is 0 Å². The van der Waals surface area contributed by atoms with Crippen LogP contribution in [0.1, 0.15) is 44.9 Å². The molecule has 1 N–H and O–H groups in total. The van der Waals surface area contributed by atoms with Crippen LogP contribution in [-0.2, 0) is 14.2 Å². The number of aliphatic hydroxyl groups is 1. The Bertz CT molecular complexity index is 286. The molecule has 4 nitrogen and oxygen atoms in total. The lowest BCUT2D eigenvalue weighted by atomic mass is 9.88. The Kier molecular flexibility index (Phi) is 5.32. The van der Waals surface area contributed by atoms with Crippen molar-refractivity contribution >= 4 is 0 Å². The molecule has 0 aromatic rings. The van der Waals surface area contributed by atoms with Gasteiger partial charge in [-0.25, -0.2) is 0 Å². The number of hydrogen-bond acceptors (Lipinski definition) is 4. The molecule has 0 amide bonds. The molecule has 1 heterocycles. The molecule has 1 saturated heterocycles. The molecule has 5 unspecified atom stereocenters. The van der Waals surface area contributed by atoms with E-state index in [0.717, 1.165) is 32.5 Å². The van der Waals surface area contributed by atoms with Crippen LogP contribution in [0.3, 0.4) is 0 Å². The molecule has 0 bridgehead atoms. The molecule has 116 valence electrons. The van der Waals surface area contributed by atoms with Crippen molar-refractivity contribution in [3.63, 3.8) is 0 Å². The lowest BCUT2D eigenvalue weighted by molar-refractivity contribution is 0.00232. The van der Waals surface area contributed by atoms with Gasteiger partial charge < -0.3 is 19.3 Å². The van der Waals surface area contributed by atoms with Gasteiger partial charge in [-0.05, 0) is 50.4 Å². The predicted octanol–water partition coefficient (Wildman–Crippen LogP) is 2.14. The van der Waals surface area contributed by atoms with Gasteiger partial charge in [0.2, 0.25) is 0 Å². The Morgan fingerprint density at radius 1 is 0.850 bits per heavy atom. The Balaban J connectivity index is 1.17. The fourth-order valence-corrected chi connectivity index (χ4v) is 3.67. The van der Waals surface area contributed by atoms with Crippen molar-refractivity contribution in [1.29, 1.82) is 0 Å². The highest BCUT2D eigenvalue weighted by Crippen LogP contribution is 2.39. The van der Waals surface area contributed by atoms with Gasteiger partial charge in [-0.1, -0.05) is 6.42 Å². The summed E-state index contributed by atoms with van der Waals surface area (Å²) in [5.74, 6) is 1.23. The van der Waals surface area contributed by atoms with Gasteiger partial charge in [0.1, 0.15) is 0 Å². The second-order valence-electron chi connectivity index (χ2n) is 6.73. The first-order valence-electron chi connectivity index (χ1n) is 8.30. The van der Waals surface area contributed by atoms with Gasteiger partial charge >= 0.3 is 0 Å². The molecule has 3 rings (SSSR count). The van der Waals surface area contributed by atoms with Crippen LogP contribution in [0.4, 0.5) is 0 Å². The van der Waals surface area contributed by atoms with Gasteiger partial charge in [-0.3, -0.25) is 0 Å². The van der Waals surface area contributed by atoms with Crippen LogP contribution >= 0.6 is 0 Å². The number of epoxide rings is 1. The Hall–Kier alpha value is -0.160. The Morgan fingerprint density at radius 2 is 1.60 bits per heavy atom. The standard InChI is InChI=1S/C16H28O4/c17-14-3-1-2-12(8-14)10-18-6-7-19-11-13-4-5-15-16(9-13)20-15/h12-17H,1-11H2. The molecule has 0 spiro atoms. The third-order valence-electron chi connectivity index (χ3n) is 4.95. The third kappa shape index (κ3) is 4.42. The quantitative estimate of drug-likeness (QED) is 0.575. The van der Waals surface area contributed by atoms with Gasteiger partial charge in [0.15, 0.2) is 0 Å². The van der Waals surface area contributed by atoms with Crippen LogP contribution in [0.25, 0.3) is 0 Å². The third-order valence-corrected chi connectivity index (χ3v) is 4.95. The highest BCUT2D eigenvalue weighted by molar-refractivity contribution is 4.91. The van der Waals surface area contributed by atoms with E-state index in [1.165, 1.54) is 25.7 Å². The van der Waals surface area contributed by atoms with E-state index in [0.29, 0.717) is 37.3 Å². The molecule has 2 aliphatic carbocycles. The summed E-state index contributed by atoms with van der Waals surface area (Å²) >= 11 is 0. The Morgan fingerprint density at radius 3 is 2.30 bits per heavy atom. The van der Waals surface area contributed by atoms with Crippen LogP contribution in [0.2, 0.25) is 0 Å². The number of ether oxygens (including phenoxy) is 3. The summed E-state index contributed by atoms with van der Waals surface area (Å²) < 4.78 is 16.9. The smallest absolute Gasteiger partial charge is 0.0845 e. The van der Waals surface area contributed by atoms with Gasteiger partial charge in [0.25, 0.3) is 0 Å². The molecule has 20 heavy (non-hydrogen) atoms.